The number of nitrogens with zero attached hydrogens (tertiary/aromatic N) is 1. The Hall–Kier alpha value is -1.62. The van der Waals surface area contributed by atoms with Crippen LogP contribution >= 0.6 is 21.6 Å². The summed E-state index contributed by atoms with van der Waals surface area (Å²) in [6.45, 7) is 15.2. The number of carbonyl (C=O) groups excluding carboxylic acids is 4. The van der Waals surface area contributed by atoms with E-state index in [2.05, 4.69) is 5.32 Å². The van der Waals surface area contributed by atoms with E-state index in [1.807, 2.05) is 13.8 Å². The first-order valence-corrected chi connectivity index (χ1v) is 21.1. The van der Waals surface area contributed by atoms with Gasteiger partial charge in [-0.3, -0.25) is 24.1 Å². The van der Waals surface area contributed by atoms with Gasteiger partial charge in [0.1, 0.15) is 13.2 Å². The Kier molecular flexibility index (Phi) is 34.5. The van der Waals surface area contributed by atoms with Crippen LogP contribution in [0.3, 0.4) is 0 Å². The van der Waals surface area contributed by atoms with E-state index in [0.717, 1.165) is 16.4 Å². The van der Waals surface area contributed by atoms with Crippen molar-refractivity contribution < 1.29 is 71.3 Å². The van der Waals surface area contributed by atoms with Crippen LogP contribution in [0.2, 0.25) is 0 Å². The molecule has 1 heterocycles. The predicted molar refractivity (Wildman–Crippen MR) is 202 cm³/mol. The second-order valence-corrected chi connectivity index (χ2v) is 14.6. The quantitative estimate of drug-likeness (QED) is 0.0403. The van der Waals surface area contributed by atoms with Crippen molar-refractivity contribution >= 4 is 45.3 Å². The Bertz CT molecular complexity index is 954. The van der Waals surface area contributed by atoms with Gasteiger partial charge in [0.2, 0.25) is 17.7 Å². The summed E-state index contributed by atoms with van der Waals surface area (Å²) < 4.78 is 59.8. The van der Waals surface area contributed by atoms with E-state index in [4.69, 9.17) is 52.1 Å². The maximum atomic E-state index is 11.9. The number of likely N-dealkylation sites (tertiary alicyclic amines) is 1. The molecule has 1 saturated heterocycles. The number of esters is 1. The zero-order chi connectivity index (χ0) is 39.3. The minimum atomic E-state index is -0.391. The van der Waals surface area contributed by atoms with Crippen molar-refractivity contribution in [3.63, 3.8) is 0 Å². The van der Waals surface area contributed by atoms with Crippen molar-refractivity contribution in [1.82, 2.24) is 10.2 Å². The summed E-state index contributed by atoms with van der Waals surface area (Å²) in [5.41, 5.74) is 0. The highest BCUT2D eigenvalue weighted by Crippen LogP contribution is 2.20. The van der Waals surface area contributed by atoms with Crippen LogP contribution in [0, 0.1) is 11.8 Å². The number of amides is 3. The monoisotopic (exact) mass is 816 g/mol. The Morgan fingerprint density at radius 3 is 1.30 bits per heavy atom. The summed E-state index contributed by atoms with van der Waals surface area (Å²) in [5.74, 6) is 0.0199. The Balaban J connectivity index is 1.65. The lowest BCUT2D eigenvalue weighted by atomic mass is 10.1. The van der Waals surface area contributed by atoms with Gasteiger partial charge in [-0.1, -0.05) is 42.4 Å². The number of carbonyl (C=O) groups is 4. The van der Waals surface area contributed by atoms with E-state index in [1.165, 1.54) is 0 Å². The van der Waals surface area contributed by atoms with E-state index in [1.54, 1.807) is 28.5 Å². The summed E-state index contributed by atoms with van der Waals surface area (Å²) in [6.07, 6.45) is 0.154. The molecule has 0 bridgehead atoms. The molecule has 0 spiro atoms. The van der Waals surface area contributed by atoms with E-state index in [0.29, 0.717) is 139 Å². The van der Waals surface area contributed by atoms with Crippen molar-refractivity contribution in [2.75, 3.05) is 163 Å². The molecule has 19 heteroatoms. The van der Waals surface area contributed by atoms with Gasteiger partial charge in [0, 0.05) is 30.4 Å². The van der Waals surface area contributed by atoms with E-state index in [-0.39, 0.29) is 49.1 Å². The first-order valence-electron chi connectivity index (χ1n) is 18.6. The fourth-order valence-electron chi connectivity index (χ4n) is 4.11. The van der Waals surface area contributed by atoms with Crippen LogP contribution in [0.1, 0.15) is 27.2 Å². The average Bonchev–Trinajstić information content (AvgIpc) is 3.39. The maximum Gasteiger partial charge on any atom is 0.308 e. The van der Waals surface area contributed by atoms with Gasteiger partial charge in [0.25, 0.3) is 0 Å². The van der Waals surface area contributed by atoms with Gasteiger partial charge in [0.05, 0.1) is 138 Å². The van der Waals surface area contributed by atoms with Crippen LogP contribution in [0.4, 0.5) is 0 Å². The Labute approximate surface area is 328 Å². The SMILES string of the molecule is CC(C)C(=O)OCCSSCCOCCOCCOCCOCCOCCOCCOCCOCCOCCOCCNC(=O)CN1C(=O)CC(C)C1=O. The van der Waals surface area contributed by atoms with Crippen LogP contribution < -0.4 is 5.32 Å². The smallest absolute Gasteiger partial charge is 0.308 e. The van der Waals surface area contributed by atoms with E-state index in [9.17, 15) is 19.2 Å². The van der Waals surface area contributed by atoms with Crippen molar-refractivity contribution in [2.45, 2.75) is 27.2 Å². The fourth-order valence-corrected chi connectivity index (χ4v) is 5.80. The maximum absolute atomic E-state index is 11.9. The van der Waals surface area contributed by atoms with Crippen LogP contribution in [0.25, 0.3) is 0 Å². The van der Waals surface area contributed by atoms with E-state index >= 15 is 0 Å². The molecule has 0 aromatic carbocycles. The minimum absolute atomic E-state index is 0.0841. The van der Waals surface area contributed by atoms with Crippen LogP contribution in [-0.4, -0.2) is 192 Å². The highest BCUT2D eigenvalue weighted by molar-refractivity contribution is 8.76. The molecular weight excluding hydrogens is 753 g/mol. The van der Waals surface area contributed by atoms with Crippen LogP contribution in [0.15, 0.2) is 0 Å². The lowest BCUT2D eigenvalue weighted by Gasteiger charge is -2.14. The highest BCUT2D eigenvalue weighted by atomic mass is 33.1. The molecular formula is C35H64N2O15S2. The third-order valence-electron chi connectivity index (χ3n) is 6.96. The molecule has 1 fully saturated rings. The van der Waals surface area contributed by atoms with Crippen molar-refractivity contribution in [1.29, 1.82) is 0 Å². The predicted octanol–water partition coefficient (Wildman–Crippen LogP) is 1.24. The molecule has 1 N–H and O–H groups in total. The van der Waals surface area contributed by atoms with Crippen LogP contribution in [-0.2, 0) is 71.3 Å². The molecule has 0 radical (unpaired) electrons. The highest BCUT2D eigenvalue weighted by Gasteiger charge is 2.36. The molecule has 0 aromatic heterocycles. The number of ether oxygens (including phenoxy) is 11. The molecule has 1 rings (SSSR count). The van der Waals surface area contributed by atoms with Gasteiger partial charge < -0.3 is 57.4 Å². The lowest BCUT2D eigenvalue weighted by molar-refractivity contribution is -0.146. The van der Waals surface area contributed by atoms with Crippen LogP contribution in [0.5, 0.6) is 0 Å². The fraction of sp³-hybridized carbons (Fsp3) is 0.886. The first-order chi connectivity index (χ1) is 26.3. The van der Waals surface area contributed by atoms with E-state index < -0.39 is 5.91 Å². The van der Waals surface area contributed by atoms with Crippen molar-refractivity contribution in [3.8, 4) is 0 Å². The van der Waals surface area contributed by atoms with Gasteiger partial charge >= 0.3 is 5.97 Å². The van der Waals surface area contributed by atoms with Gasteiger partial charge in [-0.15, -0.1) is 0 Å². The summed E-state index contributed by atoms with van der Waals surface area (Å²) in [4.78, 5) is 47.8. The third-order valence-corrected chi connectivity index (χ3v) is 9.30. The zero-order valence-corrected chi connectivity index (χ0v) is 34.1. The van der Waals surface area contributed by atoms with Gasteiger partial charge in [0.15, 0.2) is 0 Å². The molecule has 3 amide bonds. The van der Waals surface area contributed by atoms with Crippen molar-refractivity contribution in [2.24, 2.45) is 11.8 Å². The summed E-state index contributed by atoms with van der Waals surface area (Å²) in [6, 6.07) is 0. The first kappa shape index (κ1) is 50.4. The molecule has 0 saturated carbocycles. The molecule has 54 heavy (non-hydrogen) atoms. The minimum Gasteiger partial charge on any atom is -0.465 e. The molecule has 17 nitrogen and oxygen atoms in total. The summed E-state index contributed by atoms with van der Waals surface area (Å²) in [7, 11) is 3.37. The largest absolute Gasteiger partial charge is 0.465 e. The standard InChI is InChI=1S/C35H64N2O15S2/c1-30(2)35(41)52-25-27-54-53-26-24-51-23-22-50-21-20-49-19-18-48-17-16-47-15-14-46-13-12-45-11-10-44-9-8-43-7-6-42-5-4-36-32(38)29-37-33(39)28-31(3)34(37)40/h30-31H,4-29H2,1-3H3,(H,36,38). The van der Waals surface area contributed by atoms with Crippen molar-refractivity contribution in [3.05, 3.63) is 0 Å². The number of nitrogens with one attached hydrogen (secondary N) is 1. The van der Waals surface area contributed by atoms with Gasteiger partial charge in [-0.05, 0) is 0 Å². The normalized spacial score (nSPS) is 14.4. The molecule has 1 atom stereocenters. The molecule has 0 aliphatic carbocycles. The number of imide groups is 1. The topological polar surface area (TPSA) is 185 Å². The Morgan fingerprint density at radius 1 is 0.593 bits per heavy atom. The second kappa shape index (κ2) is 37.0. The molecule has 1 aliphatic heterocycles. The Morgan fingerprint density at radius 2 is 0.944 bits per heavy atom. The molecule has 1 aliphatic rings. The number of hydrogen-bond donors (Lipinski definition) is 1. The second-order valence-electron chi connectivity index (χ2n) is 11.9. The lowest BCUT2D eigenvalue weighted by Crippen LogP contribution is -2.41. The zero-order valence-electron chi connectivity index (χ0n) is 32.4. The molecule has 316 valence electrons. The average molecular weight is 817 g/mol. The third kappa shape index (κ3) is 30.6. The summed E-state index contributed by atoms with van der Waals surface area (Å²) in [5, 5.41) is 2.63. The molecule has 0 aromatic rings. The summed E-state index contributed by atoms with van der Waals surface area (Å²) >= 11 is 0. The van der Waals surface area contributed by atoms with Gasteiger partial charge in [-0.2, -0.15) is 0 Å². The number of rotatable bonds is 40. The van der Waals surface area contributed by atoms with Gasteiger partial charge in [-0.25, -0.2) is 0 Å². The number of hydrogen-bond acceptors (Lipinski definition) is 17. The molecule has 1 unspecified atom stereocenters.